The Balaban J connectivity index is 1.30. The Bertz CT molecular complexity index is 1250. The van der Waals surface area contributed by atoms with Gasteiger partial charge in [-0.3, -0.25) is 14.4 Å². The number of carbonyl (C=O) groups excluding carboxylic acids is 2. The summed E-state index contributed by atoms with van der Waals surface area (Å²) in [6.07, 6.45) is 3.24. The van der Waals surface area contributed by atoms with Crippen LogP contribution in [-0.4, -0.2) is 38.5 Å². The molecule has 2 aliphatic carbocycles. The van der Waals surface area contributed by atoms with Gasteiger partial charge < -0.3 is 19.9 Å². The molecule has 1 unspecified atom stereocenters. The van der Waals surface area contributed by atoms with Gasteiger partial charge in [0.15, 0.2) is 11.4 Å². The Hall–Kier alpha value is -3.30. The van der Waals surface area contributed by atoms with Crippen molar-refractivity contribution in [2.24, 2.45) is 17.8 Å². The van der Waals surface area contributed by atoms with Crippen LogP contribution in [0, 0.1) is 35.2 Å². The molecule has 10 heteroatoms. The van der Waals surface area contributed by atoms with E-state index >= 15 is 0 Å². The smallest absolute Gasteiger partial charge is 0.275 e. The van der Waals surface area contributed by atoms with E-state index in [4.69, 9.17) is 0 Å². The number of hydrogen-bond acceptors (Lipinski definition) is 4. The highest BCUT2D eigenvalue weighted by Crippen LogP contribution is 2.64. The number of hydrogen-bond donors (Lipinski definition) is 2. The van der Waals surface area contributed by atoms with E-state index in [-0.39, 0.29) is 17.8 Å². The van der Waals surface area contributed by atoms with Crippen molar-refractivity contribution in [1.29, 1.82) is 0 Å². The minimum absolute atomic E-state index is 0.0380. The lowest BCUT2D eigenvalue weighted by Crippen LogP contribution is -2.53. The van der Waals surface area contributed by atoms with Gasteiger partial charge in [-0.1, -0.05) is 0 Å². The summed E-state index contributed by atoms with van der Waals surface area (Å²) in [5.41, 5.74) is -2.17. The van der Waals surface area contributed by atoms with Gasteiger partial charge in [-0.15, -0.1) is 0 Å². The second-order valence-corrected chi connectivity index (χ2v) is 9.06. The molecule has 32 heavy (non-hydrogen) atoms. The van der Waals surface area contributed by atoms with E-state index < -0.39 is 58.1 Å². The molecule has 0 radical (unpaired) electrons. The number of carbonyl (C=O) groups is 2. The summed E-state index contributed by atoms with van der Waals surface area (Å²) in [5, 5.41) is 12.7. The molecule has 2 N–H and O–H groups in total. The predicted octanol–water partition coefficient (Wildman–Crippen LogP) is 1.76. The summed E-state index contributed by atoms with van der Waals surface area (Å²) in [6, 6.07) is 1.08. The van der Waals surface area contributed by atoms with E-state index in [2.05, 4.69) is 5.32 Å². The van der Waals surface area contributed by atoms with Gasteiger partial charge in [-0.25, -0.2) is 13.2 Å². The van der Waals surface area contributed by atoms with Crippen LogP contribution in [0.2, 0.25) is 0 Å². The second kappa shape index (κ2) is 6.36. The van der Waals surface area contributed by atoms with Crippen LogP contribution in [0.4, 0.5) is 13.2 Å². The highest BCUT2D eigenvalue weighted by Gasteiger charge is 2.66. The molecule has 2 saturated carbocycles. The normalized spacial score (nSPS) is 28.9. The molecular formula is C22H18F3N3O4. The largest absolute Gasteiger partial charge is 0.503 e. The summed E-state index contributed by atoms with van der Waals surface area (Å²) in [7, 11) is 0. The monoisotopic (exact) mass is 445 g/mol. The van der Waals surface area contributed by atoms with Crippen LogP contribution in [0.1, 0.15) is 39.3 Å². The number of rotatable bonds is 3. The predicted molar refractivity (Wildman–Crippen MR) is 103 cm³/mol. The Kier molecular flexibility index (Phi) is 3.86. The van der Waals surface area contributed by atoms with Crippen LogP contribution >= 0.6 is 0 Å². The van der Waals surface area contributed by atoms with Gasteiger partial charge in [-0.2, -0.15) is 0 Å². The third-order valence-electron chi connectivity index (χ3n) is 7.51. The zero-order chi connectivity index (χ0) is 22.5. The molecule has 3 fully saturated rings. The standard InChI is InChI=1S/C22H18F3N3O4/c23-8-1-14(24)12(15(25)2-8)5-26-21(31)13-6-27-7-17-11-4-16(10-3-9(10)11)28(17)22(32)18(27)20(30)19(13)29/h1-2,6,9-11,16-17,30H,3-5,7H2,(H,26,31)/t9?,10-,11+,16-,17+/m1/s1. The van der Waals surface area contributed by atoms with Crippen molar-refractivity contribution < 1.29 is 27.9 Å². The van der Waals surface area contributed by atoms with E-state index in [9.17, 15) is 32.7 Å². The molecule has 4 aliphatic rings. The van der Waals surface area contributed by atoms with Crippen LogP contribution in [0.5, 0.6) is 5.75 Å². The summed E-state index contributed by atoms with van der Waals surface area (Å²) < 4.78 is 42.2. The van der Waals surface area contributed by atoms with E-state index in [0.29, 0.717) is 36.4 Å². The number of piperidine rings is 1. The molecular weight excluding hydrogens is 427 g/mol. The summed E-state index contributed by atoms with van der Waals surface area (Å²) in [6.45, 7) is -0.262. The molecule has 2 aliphatic heterocycles. The maximum absolute atomic E-state index is 13.8. The molecule has 1 aromatic carbocycles. The average Bonchev–Trinajstić information content (AvgIpc) is 3.34. The molecule has 6 rings (SSSR count). The Morgan fingerprint density at radius 1 is 1.06 bits per heavy atom. The maximum Gasteiger partial charge on any atom is 0.275 e. The summed E-state index contributed by atoms with van der Waals surface area (Å²) in [4.78, 5) is 40.2. The Labute approximate surface area is 179 Å². The van der Waals surface area contributed by atoms with Crippen molar-refractivity contribution in [3.63, 3.8) is 0 Å². The van der Waals surface area contributed by atoms with Gasteiger partial charge in [0.05, 0.1) is 6.04 Å². The van der Waals surface area contributed by atoms with E-state index in [1.54, 1.807) is 4.90 Å². The molecule has 1 saturated heterocycles. The fourth-order valence-electron chi connectivity index (χ4n) is 6.05. The van der Waals surface area contributed by atoms with Crippen molar-refractivity contribution in [3.8, 4) is 5.75 Å². The molecule has 2 bridgehead atoms. The fraction of sp³-hybridized carbons (Fsp3) is 0.409. The Morgan fingerprint density at radius 3 is 2.47 bits per heavy atom. The number of halogens is 3. The molecule has 5 atom stereocenters. The summed E-state index contributed by atoms with van der Waals surface area (Å²) >= 11 is 0. The van der Waals surface area contributed by atoms with Crippen LogP contribution in [-0.2, 0) is 13.1 Å². The number of aromatic nitrogens is 1. The fourth-order valence-corrected chi connectivity index (χ4v) is 6.05. The SMILES string of the molecule is O=C(NCc1c(F)cc(F)cc1F)c1cn2c(c(O)c1=O)C(=O)N1[C@@H]3C[C@@H](C4C[C@H]43)[C@@H]1C2. The molecule has 166 valence electrons. The lowest BCUT2D eigenvalue weighted by Gasteiger charge is -2.40. The molecule has 2 amide bonds. The number of nitrogens with one attached hydrogen (secondary N) is 1. The van der Waals surface area contributed by atoms with Gasteiger partial charge in [0.1, 0.15) is 23.0 Å². The molecule has 3 heterocycles. The van der Waals surface area contributed by atoms with Crippen LogP contribution < -0.4 is 10.7 Å². The van der Waals surface area contributed by atoms with E-state index in [1.165, 1.54) is 10.8 Å². The first-order valence-electron chi connectivity index (χ1n) is 10.5. The minimum atomic E-state index is -1.17. The van der Waals surface area contributed by atoms with E-state index in [1.807, 2.05) is 0 Å². The quantitative estimate of drug-likeness (QED) is 0.754. The van der Waals surface area contributed by atoms with E-state index in [0.717, 1.165) is 12.8 Å². The van der Waals surface area contributed by atoms with Gasteiger partial charge >= 0.3 is 0 Å². The summed E-state index contributed by atoms with van der Waals surface area (Å²) in [5.74, 6) is -4.11. The van der Waals surface area contributed by atoms with Crippen molar-refractivity contribution >= 4 is 11.8 Å². The van der Waals surface area contributed by atoms with Gasteiger partial charge in [0.2, 0.25) is 5.43 Å². The first kappa shape index (κ1) is 19.4. The maximum atomic E-state index is 13.8. The molecule has 7 nitrogen and oxygen atoms in total. The number of aromatic hydroxyl groups is 1. The van der Waals surface area contributed by atoms with Crippen LogP contribution in [0.15, 0.2) is 23.1 Å². The Morgan fingerprint density at radius 2 is 1.75 bits per heavy atom. The number of benzene rings is 1. The van der Waals surface area contributed by atoms with Crippen molar-refractivity contribution in [2.45, 2.75) is 38.0 Å². The van der Waals surface area contributed by atoms with Crippen LogP contribution in [0.3, 0.4) is 0 Å². The lowest BCUT2D eigenvalue weighted by atomic mass is 9.94. The second-order valence-electron chi connectivity index (χ2n) is 9.06. The van der Waals surface area contributed by atoms with Gasteiger partial charge in [0.25, 0.3) is 11.8 Å². The minimum Gasteiger partial charge on any atom is -0.503 e. The first-order chi connectivity index (χ1) is 15.3. The van der Waals surface area contributed by atoms with Crippen molar-refractivity contribution in [3.05, 3.63) is 62.8 Å². The lowest BCUT2D eigenvalue weighted by molar-refractivity contribution is 0.0465. The third-order valence-corrected chi connectivity index (χ3v) is 7.51. The molecule has 2 aromatic rings. The number of amides is 2. The number of fused-ring (bicyclic) bond motifs is 9. The third kappa shape index (κ3) is 2.52. The highest BCUT2D eigenvalue weighted by atomic mass is 19.1. The topological polar surface area (TPSA) is 91.6 Å². The highest BCUT2D eigenvalue weighted by molar-refractivity contribution is 5.99. The van der Waals surface area contributed by atoms with Crippen molar-refractivity contribution in [1.82, 2.24) is 14.8 Å². The van der Waals surface area contributed by atoms with Gasteiger partial charge in [0, 0.05) is 43.0 Å². The molecule has 1 aromatic heterocycles. The zero-order valence-electron chi connectivity index (χ0n) is 16.6. The number of pyridine rings is 1. The van der Waals surface area contributed by atoms with Crippen LogP contribution in [0.25, 0.3) is 0 Å². The first-order valence-corrected chi connectivity index (χ1v) is 10.5. The van der Waals surface area contributed by atoms with Crippen molar-refractivity contribution in [2.75, 3.05) is 0 Å². The van der Waals surface area contributed by atoms with Gasteiger partial charge in [-0.05, 0) is 30.6 Å². The molecule has 0 spiro atoms. The number of nitrogens with zero attached hydrogens (tertiary/aromatic N) is 2. The zero-order valence-corrected chi connectivity index (χ0v) is 16.6. The average molecular weight is 445 g/mol.